The van der Waals surface area contributed by atoms with Crippen LogP contribution >= 0.6 is 0 Å². The van der Waals surface area contributed by atoms with E-state index in [-0.39, 0.29) is 5.91 Å². The molecule has 160 valence electrons. The van der Waals surface area contributed by atoms with Gasteiger partial charge in [0.25, 0.3) is 5.91 Å². The van der Waals surface area contributed by atoms with Crippen LogP contribution in [0.1, 0.15) is 16.9 Å². The maximum absolute atomic E-state index is 13.2. The average molecular weight is 419 g/mol. The number of carbonyl (C=O) groups is 1. The Morgan fingerprint density at radius 2 is 1.87 bits per heavy atom. The van der Waals surface area contributed by atoms with Crippen molar-refractivity contribution < 1.29 is 9.53 Å². The zero-order valence-electron chi connectivity index (χ0n) is 17.6. The minimum absolute atomic E-state index is 0.116. The molecule has 1 N–H and O–H groups in total. The van der Waals surface area contributed by atoms with Crippen molar-refractivity contribution in [1.82, 2.24) is 29.3 Å². The first-order valence-corrected chi connectivity index (χ1v) is 10.7. The summed E-state index contributed by atoms with van der Waals surface area (Å²) in [5, 5.41) is 4.15. The Balaban J connectivity index is 1.45. The molecule has 0 atom stereocenters. The standard InChI is InChI=1S/C23H26N6O2/c1-27-18-7-3-2-6-17(18)21-19(27)16-20(29(21)23-25-8-4-9-26-23)22(30)24-10-5-11-28-12-14-31-15-13-28/h2-4,6-9,16H,5,10-15H2,1H3,(H,24,30). The SMILES string of the molecule is Cn1c2ccccc2c2c1cc(C(=O)NCCCN1CCOCC1)n2-c1ncccn1. The second-order valence-electron chi connectivity index (χ2n) is 7.79. The number of morpholine rings is 1. The van der Waals surface area contributed by atoms with E-state index >= 15 is 0 Å². The minimum Gasteiger partial charge on any atom is -0.379 e. The first-order chi connectivity index (χ1) is 15.2. The average Bonchev–Trinajstić information content (AvgIpc) is 3.34. The number of rotatable bonds is 6. The number of aryl methyl sites for hydroxylation is 1. The van der Waals surface area contributed by atoms with Crippen LogP contribution < -0.4 is 5.32 Å². The number of nitrogens with zero attached hydrogens (tertiary/aromatic N) is 5. The molecule has 1 aliphatic heterocycles. The highest BCUT2D eigenvalue weighted by Crippen LogP contribution is 2.32. The third-order valence-electron chi connectivity index (χ3n) is 5.89. The summed E-state index contributed by atoms with van der Waals surface area (Å²) in [6, 6.07) is 11.9. The lowest BCUT2D eigenvalue weighted by Crippen LogP contribution is -2.38. The summed E-state index contributed by atoms with van der Waals surface area (Å²) in [4.78, 5) is 24.4. The molecule has 4 heterocycles. The zero-order chi connectivity index (χ0) is 21.2. The molecule has 0 radical (unpaired) electrons. The number of aromatic nitrogens is 4. The van der Waals surface area contributed by atoms with Gasteiger partial charge in [0, 0.05) is 44.5 Å². The van der Waals surface area contributed by atoms with Gasteiger partial charge in [0.15, 0.2) is 0 Å². The second kappa shape index (κ2) is 8.49. The van der Waals surface area contributed by atoms with Crippen LogP contribution in [0.25, 0.3) is 27.9 Å². The van der Waals surface area contributed by atoms with E-state index < -0.39 is 0 Å². The highest BCUT2D eigenvalue weighted by molar-refractivity contribution is 6.10. The van der Waals surface area contributed by atoms with Gasteiger partial charge in [0.2, 0.25) is 5.95 Å². The van der Waals surface area contributed by atoms with Gasteiger partial charge in [-0.3, -0.25) is 14.3 Å². The van der Waals surface area contributed by atoms with Crippen LogP contribution in [0, 0.1) is 0 Å². The molecule has 1 saturated heterocycles. The largest absolute Gasteiger partial charge is 0.379 e. The van der Waals surface area contributed by atoms with Gasteiger partial charge in [-0.15, -0.1) is 0 Å². The van der Waals surface area contributed by atoms with Crippen LogP contribution in [0.4, 0.5) is 0 Å². The van der Waals surface area contributed by atoms with Crippen molar-refractivity contribution in [2.24, 2.45) is 7.05 Å². The van der Waals surface area contributed by atoms with E-state index in [2.05, 4.69) is 36.9 Å². The fourth-order valence-electron chi connectivity index (χ4n) is 4.31. The quantitative estimate of drug-likeness (QED) is 0.487. The summed E-state index contributed by atoms with van der Waals surface area (Å²) >= 11 is 0. The van der Waals surface area contributed by atoms with E-state index in [0.717, 1.165) is 61.2 Å². The summed E-state index contributed by atoms with van der Waals surface area (Å²) in [6.45, 7) is 5.07. The molecule has 8 heteroatoms. The molecule has 0 saturated carbocycles. The second-order valence-corrected chi connectivity index (χ2v) is 7.79. The van der Waals surface area contributed by atoms with E-state index in [1.165, 1.54) is 0 Å². The highest BCUT2D eigenvalue weighted by atomic mass is 16.5. The molecule has 31 heavy (non-hydrogen) atoms. The molecular formula is C23H26N6O2. The lowest BCUT2D eigenvalue weighted by atomic mass is 10.2. The first-order valence-electron chi connectivity index (χ1n) is 10.7. The predicted molar refractivity (Wildman–Crippen MR) is 120 cm³/mol. The molecule has 1 aromatic carbocycles. The van der Waals surface area contributed by atoms with Crippen LogP contribution in [-0.2, 0) is 11.8 Å². The Labute approximate surface area is 180 Å². The molecule has 3 aromatic heterocycles. The van der Waals surface area contributed by atoms with Gasteiger partial charge in [-0.25, -0.2) is 9.97 Å². The molecule has 8 nitrogen and oxygen atoms in total. The van der Waals surface area contributed by atoms with Gasteiger partial charge in [-0.1, -0.05) is 18.2 Å². The monoisotopic (exact) mass is 418 g/mol. The fraction of sp³-hybridized carbons (Fsp3) is 0.348. The fourth-order valence-corrected chi connectivity index (χ4v) is 4.31. The summed E-state index contributed by atoms with van der Waals surface area (Å²) in [5.74, 6) is 0.377. The van der Waals surface area contributed by atoms with Crippen LogP contribution in [0.5, 0.6) is 0 Å². The number of hydrogen-bond acceptors (Lipinski definition) is 5. The molecule has 0 aliphatic carbocycles. The molecule has 1 aliphatic rings. The Kier molecular flexibility index (Phi) is 5.40. The summed E-state index contributed by atoms with van der Waals surface area (Å²) in [5.41, 5.74) is 3.58. The Morgan fingerprint density at radius 3 is 2.68 bits per heavy atom. The summed E-state index contributed by atoms with van der Waals surface area (Å²) in [6.07, 6.45) is 4.30. The van der Waals surface area contributed by atoms with E-state index in [1.54, 1.807) is 18.5 Å². The van der Waals surface area contributed by atoms with Crippen molar-refractivity contribution in [1.29, 1.82) is 0 Å². The normalized spacial score (nSPS) is 15.0. The van der Waals surface area contributed by atoms with Crippen molar-refractivity contribution in [2.45, 2.75) is 6.42 Å². The van der Waals surface area contributed by atoms with Gasteiger partial charge in [0.05, 0.1) is 29.8 Å². The first kappa shape index (κ1) is 19.7. The number of carbonyl (C=O) groups excluding carboxylic acids is 1. The van der Waals surface area contributed by atoms with E-state index in [4.69, 9.17) is 4.74 Å². The molecule has 1 fully saturated rings. The maximum atomic E-state index is 13.2. The third kappa shape index (κ3) is 3.68. The number of nitrogens with one attached hydrogen (secondary N) is 1. The number of hydrogen-bond donors (Lipinski definition) is 1. The minimum atomic E-state index is -0.116. The third-order valence-corrected chi connectivity index (χ3v) is 5.89. The zero-order valence-corrected chi connectivity index (χ0v) is 17.6. The van der Waals surface area contributed by atoms with Gasteiger partial charge in [0.1, 0.15) is 5.69 Å². The molecule has 0 bridgehead atoms. The molecule has 0 spiro atoms. The summed E-state index contributed by atoms with van der Waals surface area (Å²) in [7, 11) is 2.02. The highest BCUT2D eigenvalue weighted by Gasteiger charge is 2.23. The predicted octanol–water partition coefficient (Wildman–Crippen LogP) is 2.36. The molecular weight excluding hydrogens is 392 g/mol. The van der Waals surface area contributed by atoms with Crippen LogP contribution in [0.15, 0.2) is 48.8 Å². The van der Waals surface area contributed by atoms with Gasteiger partial charge < -0.3 is 14.6 Å². The number of benzene rings is 1. The van der Waals surface area contributed by atoms with E-state index in [0.29, 0.717) is 18.2 Å². The topological polar surface area (TPSA) is 77.2 Å². The Bertz CT molecular complexity index is 1210. The van der Waals surface area contributed by atoms with Crippen molar-refractivity contribution in [3.63, 3.8) is 0 Å². The Morgan fingerprint density at radius 1 is 1.10 bits per heavy atom. The lowest BCUT2D eigenvalue weighted by molar-refractivity contribution is 0.0374. The van der Waals surface area contributed by atoms with Gasteiger partial charge in [-0.05, 0) is 31.2 Å². The van der Waals surface area contributed by atoms with Crippen molar-refractivity contribution in [3.8, 4) is 5.95 Å². The van der Waals surface area contributed by atoms with E-state index in [1.807, 2.05) is 29.8 Å². The van der Waals surface area contributed by atoms with Crippen LogP contribution in [0.2, 0.25) is 0 Å². The smallest absolute Gasteiger partial charge is 0.268 e. The molecule has 1 amide bonds. The molecule has 0 unspecified atom stereocenters. The number of ether oxygens (including phenoxy) is 1. The van der Waals surface area contributed by atoms with Crippen LogP contribution in [0.3, 0.4) is 0 Å². The molecule has 4 aromatic rings. The van der Waals surface area contributed by atoms with Crippen molar-refractivity contribution in [3.05, 3.63) is 54.5 Å². The maximum Gasteiger partial charge on any atom is 0.268 e. The number of para-hydroxylation sites is 1. The van der Waals surface area contributed by atoms with Crippen molar-refractivity contribution >= 4 is 27.8 Å². The van der Waals surface area contributed by atoms with Gasteiger partial charge in [-0.2, -0.15) is 0 Å². The van der Waals surface area contributed by atoms with Gasteiger partial charge >= 0.3 is 0 Å². The van der Waals surface area contributed by atoms with Crippen molar-refractivity contribution in [2.75, 3.05) is 39.4 Å². The molecule has 5 rings (SSSR count). The van der Waals surface area contributed by atoms with Crippen LogP contribution in [-0.4, -0.2) is 69.3 Å². The number of amides is 1. The Hall–Kier alpha value is -3.23. The van der Waals surface area contributed by atoms with E-state index in [9.17, 15) is 4.79 Å². The number of fused-ring (bicyclic) bond motifs is 3. The summed E-state index contributed by atoms with van der Waals surface area (Å²) < 4.78 is 9.37. The lowest BCUT2D eigenvalue weighted by Gasteiger charge is -2.26.